The van der Waals surface area contributed by atoms with Crippen LogP contribution in [0.5, 0.6) is 0 Å². The van der Waals surface area contributed by atoms with Crippen LogP contribution >= 0.6 is 0 Å². The first-order chi connectivity index (χ1) is 7.16. The highest BCUT2D eigenvalue weighted by Crippen LogP contribution is 2.17. The molecular weight excluding hydrogens is 186 g/mol. The summed E-state index contributed by atoms with van der Waals surface area (Å²) in [6.45, 7) is 5.19. The zero-order valence-electron chi connectivity index (χ0n) is 9.46. The van der Waals surface area contributed by atoms with Crippen LogP contribution in [0, 0.1) is 13.8 Å². The third kappa shape index (κ3) is 2.39. The van der Waals surface area contributed by atoms with Gasteiger partial charge in [0.15, 0.2) is 0 Å². The van der Waals surface area contributed by atoms with Crippen LogP contribution < -0.4 is 5.32 Å². The van der Waals surface area contributed by atoms with Gasteiger partial charge in [0.2, 0.25) is 0 Å². The Balaban J connectivity index is 2.12. The molecule has 1 aromatic carbocycles. The lowest BCUT2D eigenvalue weighted by Gasteiger charge is -2.16. The predicted molar refractivity (Wildman–Crippen MR) is 62.0 cm³/mol. The zero-order valence-corrected chi connectivity index (χ0v) is 9.46. The van der Waals surface area contributed by atoms with Crippen molar-refractivity contribution in [2.24, 2.45) is 0 Å². The summed E-state index contributed by atoms with van der Waals surface area (Å²) in [6.07, 6.45) is 1.65. The Morgan fingerprint density at radius 3 is 2.87 bits per heavy atom. The van der Waals surface area contributed by atoms with Gasteiger partial charge in [0.25, 0.3) is 0 Å². The van der Waals surface area contributed by atoms with Crippen LogP contribution in [-0.2, 0) is 6.42 Å². The van der Waals surface area contributed by atoms with Crippen molar-refractivity contribution in [2.75, 3.05) is 6.54 Å². The van der Waals surface area contributed by atoms with Crippen molar-refractivity contribution in [1.29, 1.82) is 0 Å². The van der Waals surface area contributed by atoms with Crippen LogP contribution in [0.2, 0.25) is 0 Å². The van der Waals surface area contributed by atoms with Crippen molar-refractivity contribution in [3.63, 3.8) is 0 Å². The molecule has 2 heteroatoms. The standard InChI is InChI=1S/C13H19NO/c1-9-3-4-10(2)11(7-9)8-12-13(15)5-6-14-12/h3-4,7,12-15H,5-6,8H2,1-2H3. The maximum absolute atomic E-state index is 9.75. The summed E-state index contributed by atoms with van der Waals surface area (Å²) in [6, 6.07) is 6.76. The Hall–Kier alpha value is -0.860. The van der Waals surface area contributed by atoms with Gasteiger partial charge in [-0.15, -0.1) is 0 Å². The molecule has 1 fully saturated rings. The van der Waals surface area contributed by atoms with Gasteiger partial charge in [0.05, 0.1) is 6.10 Å². The molecule has 0 spiro atoms. The molecule has 2 N–H and O–H groups in total. The molecule has 0 aromatic heterocycles. The molecule has 1 saturated heterocycles. The summed E-state index contributed by atoms with van der Waals surface area (Å²) in [5, 5.41) is 13.1. The first-order valence-electron chi connectivity index (χ1n) is 5.64. The molecule has 2 rings (SSSR count). The van der Waals surface area contributed by atoms with E-state index in [0.717, 1.165) is 19.4 Å². The summed E-state index contributed by atoms with van der Waals surface area (Å²) in [5.74, 6) is 0. The van der Waals surface area contributed by atoms with Gasteiger partial charge in [-0.1, -0.05) is 23.8 Å². The molecule has 82 valence electrons. The first kappa shape index (κ1) is 10.7. The van der Waals surface area contributed by atoms with Crippen LogP contribution in [0.1, 0.15) is 23.1 Å². The molecular formula is C13H19NO. The zero-order chi connectivity index (χ0) is 10.8. The largest absolute Gasteiger partial charge is 0.391 e. The molecule has 2 nitrogen and oxygen atoms in total. The van der Waals surface area contributed by atoms with Gasteiger partial charge in [-0.25, -0.2) is 0 Å². The Bertz CT molecular complexity index is 348. The molecule has 2 atom stereocenters. The number of aryl methyl sites for hydroxylation is 2. The van der Waals surface area contributed by atoms with E-state index in [-0.39, 0.29) is 12.1 Å². The van der Waals surface area contributed by atoms with E-state index in [2.05, 4.69) is 37.4 Å². The first-order valence-corrected chi connectivity index (χ1v) is 5.64. The van der Waals surface area contributed by atoms with E-state index in [1.165, 1.54) is 16.7 Å². The minimum absolute atomic E-state index is 0.176. The molecule has 0 amide bonds. The smallest absolute Gasteiger partial charge is 0.0708 e. The molecule has 1 aliphatic rings. The monoisotopic (exact) mass is 205 g/mol. The molecule has 15 heavy (non-hydrogen) atoms. The van der Waals surface area contributed by atoms with Crippen molar-refractivity contribution < 1.29 is 5.11 Å². The fourth-order valence-corrected chi connectivity index (χ4v) is 2.22. The van der Waals surface area contributed by atoms with Crippen molar-refractivity contribution in [3.05, 3.63) is 34.9 Å². The van der Waals surface area contributed by atoms with Gasteiger partial charge in [-0.05, 0) is 44.4 Å². The normalized spacial score (nSPS) is 25.8. The van der Waals surface area contributed by atoms with Crippen molar-refractivity contribution in [3.8, 4) is 0 Å². The number of nitrogens with one attached hydrogen (secondary N) is 1. The SMILES string of the molecule is Cc1ccc(C)c(CC2NCCC2O)c1. The number of aliphatic hydroxyl groups is 1. The molecule has 0 aliphatic carbocycles. The number of hydrogen-bond acceptors (Lipinski definition) is 2. The summed E-state index contributed by atoms with van der Waals surface area (Å²) in [7, 11) is 0. The van der Waals surface area contributed by atoms with Crippen LogP contribution in [-0.4, -0.2) is 23.8 Å². The van der Waals surface area contributed by atoms with E-state index in [1.807, 2.05) is 0 Å². The average molecular weight is 205 g/mol. The van der Waals surface area contributed by atoms with Gasteiger partial charge in [0, 0.05) is 6.04 Å². The Morgan fingerprint density at radius 2 is 2.20 bits per heavy atom. The van der Waals surface area contributed by atoms with Crippen LogP contribution in [0.4, 0.5) is 0 Å². The van der Waals surface area contributed by atoms with E-state index in [4.69, 9.17) is 0 Å². The van der Waals surface area contributed by atoms with Gasteiger partial charge in [-0.2, -0.15) is 0 Å². The highest BCUT2D eigenvalue weighted by molar-refractivity contribution is 5.31. The number of hydrogen-bond donors (Lipinski definition) is 2. The predicted octanol–water partition coefficient (Wildman–Crippen LogP) is 1.57. The summed E-state index contributed by atoms with van der Waals surface area (Å²) >= 11 is 0. The third-order valence-electron chi connectivity index (χ3n) is 3.26. The van der Waals surface area contributed by atoms with Gasteiger partial charge >= 0.3 is 0 Å². The Kier molecular flexibility index (Phi) is 3.08. The quantitative estimate of drug-likeness (QED) is 0.768. The number of aliphatic hydroxyl groups excluding tert-OH is 1. The van der Waals surface area contributed by atoms with Crippen molar-refractivity contribution in [2.45, 2.75) is 38.8 Å². The second-order valence-electron chi connectivity index (χ2n) is 4.55. The van der Waals surface area contributed by atoms with Gasteiger partial charge in [0.1, 0.15) is 0 Å². The van der Waals surface area contributed by atoms with E-state index in [9.17, 15) is 5.11 Å². The molecule has 1 aliphatic heterocycles. The van der Waals surface area contributed by atoms with E-state index >= 15 is 0 Å². The topological polar surface area (TPSA) is 32.3 Å². The summed E-state index contributed by atoms with van der Waals surface area (Å²) in [4.78, 5) is 0. The Morgan fingerprint density at radius 1 is 1.40 bits per heavy atom. The molecule has 2 unspecified atom stereocenters. The molecule has 0 radical (unpaired) electrons. The third-order valence-corrected chi connectivity index (χ3v) is 3.26. The maximum Gasteiger partial charge on any atom is 0.0708 e. The van der Waals surface area contributed by atoms with Crippen LogP contribution in [0.3, 0.4) is 0 Å². The van der Waals surface area contributed by atoms with Gasteiger partial charge < -0.3 is 10.4 Å². The number of benzene rings is 1. The molecule has 0 saturated carbocycles. The Labute approximate surface area is 91.3 Å². The van der Waals surface area contributed by atoms with Crippen molar-refractivity contribution >= 4 is 0 Å². The van der Waals surface area contributed by atoms with Crippen LogP contribution in [0.15, 0.2) is 18.2 Å². The minimum atomic E-state index is -0.176. The fourth-order valence-electron chi connectivity index (χ4n) is 2.22. The lowest BCUT2D eigenvalue weighted by Crippen LogP contribution is -2.32. The second-order valence-corrected chi connectivity index (χ2v) is 4.55. The molecule has 0 bridgehead atoms. The molecule has 1 aromatic rings. The average Bonchev–Trinajstić information content (AvgIpc) is 2.58. The highest BCUT2D eigenvalue weighted by atomic mass is 16.3. The minimum Gasteiger partial charge on any atom is -0.391 e. The highest BCUT2D eigenvalue weighted by Gasteiger charge is 2.24. The molecule has 1 heterocycles. The maximum atomic E-state index is 9.75. The summed E-state index contributed by atoms with van der Waals surface area (Å²) < 4.78 is 0. The number of rotatable bonds is 2. The van der Waals surface area contributed by atoms with Crippen molar-refractivity contribution in [1.82, 2.24) is 5.32 Å². The van der Waals surface area contributed by atoms with E-state index in [1.54, 1.807) is 0 Å². The fraction of sp³-hybridized carbons (Fsp3) is 0.538. The van der Waals surface area contributed by atoms with Crippen LogP contribution in [0.25, 0.3) is 0 Å². The summed E-state index contributed by atoms with van der Waals surface area (Å²) in [5.41, 5.74) is 3.97. The second kappa shape index (κ2) is 4.33. The lowest BCUT2D eigenvalue weighted by atomic mass is 9.97. The van der Waals surface area contributed by atoms with Gasteiger partial charge in [-0.3, -0.25) is 0 Å². The van der Waals surface area contributed by atoms with E-state index < -0.39 is 0 Å². The van der Waals surface area contributed by atoms with E-state index in [0.29, 0.717) is 0 Å². The lowest BCUT2D eigenvalue weighted by molar-refractivity contribution is 0.159.